The van der Waals surface area contributed by atoms with Crippen molar-refractivity contribution < 1.29 is 18.5 Å². The highest BCUT2D eigenvalue weighted by Crippen LogP contribution is 2.25. The fraction of sp³-hybridized carbons (Fsp3) is 0.588. The molecule has 1 aliphatic carbocycles. The number of hydrogen-bond acceptors (Lipinski definition) is 7. The van der Waals surface area contributed by atoms with Crippen LogP contribution in [0.4, 0.5) is 0 Å². The summed E-state index contributed by atoms with van der Waals surface area (Å²) in [5.74, 6) is 0.676. The molecule has 26 heavy (non-hydrogen) atoms. The van der Waals surface area contributed by atoms with Gasteiger partial charge < -0.3 is 19.6 Å². The van der Waals surface area contributed by atoms with Crippen molar-refractivity contribution in [3.63, 3.8) is 0 Å². The maximum Gasteiger partial charge on any atom is 0.309 e. The lowest BCUT2D eigenvalue weighted by Gasteiger charge is -2.28. The van der Waals surface area contributed by atoms with E-state index in [1.54, 1.807) is 6.92 Å². The normalized spacial score (nSPS) is 20.0. The average molecular weight is 361 g/mol. The van der Waals surface area contributed by atoms with Crippen molar-refractivity contribution in [2.45, 2.75) is 59.0 Å². The Morgan fingerprint density at radius 3 is 2.42 bits per heavy atom. The molecule has 0 radical (unpaired) electrons. The van der Waals surface area contributed by atoms with Crippen molar-refractivity contribution in [3.8, 4) is 0 Å². The molecule has 140 valence electrons. The topological polar surface area (TPSA) is 123 Å². The Bertz CT molecular complexity index is 769. The molecule has 0 saturated heterocycles. The van der Waals surface area contributed by atoms with E-state index in [4.69, 9.17) is 8.94 Å². The first-order valence-electron chi connectivity index (χ1n) is 8.74. The number of carbonyl (C=O) groups excluding carboxylic acids is 2. The molecule has 2 heterocycles. The van der Waals surface area contributed by atoms with Crippen LogP contribution in [0.3, 0.4) is 0 Å². The molecular formula is C17H23N5O4. The van der Waals surface area contributed by atoms with Crippen LogP contribution in [-0.4, -0.2) is 33.2 Å². The van der Waals surface area contributed by atoms with Crippen LogP contribution < -0.4 is 10.6 Å². The molecule has 1 aliphatic rings. The van der Waals surface area contributed by atoms with Crippen LogP contribution in [0.2, 0.25) is 0 Å². The zero-order chi connectivity index (χ0) is 18.7. The van der Waals surface area contributed by atoms with Crippen LogP contribution in [-0.2, 0) is 11.3 Å². The van der Waals surface area contributed by atoms with Gasteiger partial charge >= 0.3 is 11.8 Å². The highest BCUT2D eigenvalue weighted by molar-refractivity contribution is 5.89. The molecule has 0 spiro atoms. The van der Waals surface area contributed by atoms with Crippen LogP contribution in [0.25, 0.3) is 0 Å². The number of rotatable bonds is 5. The largest absolute Gasteiger partial charge is 0.417 e. The van der Waals surface area contributed by atoms with E-state index in [1.165, 1.54) is 0 Å². The predicted molar refractivity (Wildman–Crippen MR) is 90.1 cm³/mol. The molecule has 0 bridgehead atoms. The summed E-state index contributed by atoms with van der Waals surface area (Å²) in [6.07, 6.45) is 2.92. The zero-order valence-corrected chi connectivity index (χ0v) is 15.2. The lowest BCUT2D eigenvalue weighted by molar-refractivity contribution is -0.126. The molecule has 1 fully saturated rings. The van der Waals surface area contributed by atoms with Gasteiger partial charge in [0.05, 0.1) is 5.69 Å². The second kappa shape index (κ2) is 7.67. The van der Waals surface area contributed by atoms with Gasteiger partial charge in [0.2, 0.25) is 11.8 Å². The van der Waals surface area contributed by atoms with Gasteiger partial charge in [-0.1, -0.05) is 5.16 Å². The molecular weight excluding hydrogens is 338 g/mol. The molecule has 0 aliphatic heterocycles. The highest BCUT2D eigenvalue weighted by atomic mass is 16.5. The third-order valence-electron chi connectivity index (χ3n) is 4.77. The smallest absolute Gasteiger partial charge is 0.309 e. The summed E-state index contributed by atoms with van der Waals surface area (Å²) in [6.45, 7) is 5.75. The minimum absolute atomic E-state index is 0.0151. The molecule has 0 atom stereocenters. The van der Waals surface area contributed by atoms with Crippen molar-refractivity contribution >= 4 is 11.8 Å². The van der Waals surface area contributed by atoms with E-state index in [-0.39, 0.29) is 29.7 Å². The molecule has 1 saturated carbocycles. The highest BCUT2D eigenvalue weighted by Gasteiger charge is 2.28. The van der Waals surface area contributed by atoms with Crippen LogP contribution in [0.5, 0.6) is 0 Å². The van der Waals surface area contributed by atoms with Crippen molar-refractivity contribution in [2.75, 3.05) is 0 Å². The number of amides is 2. The summed E-state index contributed by atoms with van der Waals surface area (Å²) in [7, 11) is 0. The predicted octanol–water partition coefficient (Wildman–Crippen LogP) is 1.59. The Morgan fingerprint density at radius 1 is 1.12 bits per heavy atom. The summed E-state index contributed by atoms with van der Waals surface area (Å²) in [4.78, 5) is 24.4. The summed E-state index contributed by atoms with van der Waals surface area (Å²) in [5.41, 5.74) is 1.72. The van der Waals surface area contributed by atoms with Gasteiger partial charge in [0.1, 0.15) is 5.76 Å². The molecule has 0 unspecified atom stereocenters. The lowest BCUT2D eigenvalue weighted by atomic mass is 9.85. The minimum atomic E-state index is -0.364. The van der Waals surface area contributed by atoms with Gasteiger partial charge in [-0.05, 0) is 39.5 Å². The van der Waals surface area contributed by atoms with Crippen LogP contribution >= 0.6 is 0 Å². The standard InChI is InChI=1S/C17H23N5O4/c1-9-14(10(2)26-22-9)8-18-15(23)12-4-6-13(7-5-12)19-16(24)17-21-20-11(3)25-17/h12-13H,4-8H2,1-3H3,(H,18,23)(H,19,24). The molecule has 3 rings (SSSR count). The van der Waals surface area contributed by atoms with Gasteiger partial charge in [-0.2, -0.15) is 0 Å². The number of nitrogens with one attached hydrogen (secondary N) is 2. The van der Waals surface area contributed by atoms with E-state index < -0.39 is 0 Å². The number of carbonyl (C=O) groups is 2. The minimum Gasteiger partial charge on any atom is -0.417 e. The molecule has 2 aromatic heterocycles. The second-order valence-electron chi connectivity index (χ2n) is 6.67. The van der Waals surface area contributed by atoms with Gasteiger partial charge in [-0.15, -0.1) is 10.2 Å². The fourth-order valence-electron chi connectivity index (χ4n) is 3.21. The number of nitrogens with zero attached hydrogens (tertiary/aromatic N) is 3. The van der Waals surface area contributed by atoms with Crippen LogP contribution in [0.1, 0.15) is 59.3 Å². The van der Waals surface area contributed by atoms with E-state index in [1.807, 2.05) is 13.8 Å². The van der Waals surface area contributed by atoms with Crippen molar-refractivity contribution in [2.24, 2.45) is 5.92 Å². The maximum atomic E-state index is 12.4. The Labute approximate surface area is 150 Å². The van der Waals surface area contributed by atoms with Gasteiger partial charge in [0, 0.05) is 31.0 Å². The Hall–Kier alpha value is -2.71. The number of aromatic nitrogens is 3. The third kappa shape index (κ3) is 4.09. The summed E-state index contributed by atoms with van der Waals surface area (Å²) >= 11 is 0. The van der Waals surface area contributed by atoms with Gasteiger partial charge in [0.25, 0.3) is 0 Å². The SMILES string of the molecule is Cc1nnc(C(=O)NC2CCC(C(=O)NCc3c(C)noc3C)CC2)o1. The van der Waals surface area contributed by atoms with Gasteiger partial charge in [-0.3, -0.25) is 9.59 Å². The van der Waals surface area contributed by atoms with Crippen LogP contribution in [0, 0.1) is 26.7 Å². The summed E-state index contributed by atoms with van der Waals surface area (Å²) < 4.78 is 10.2. The van der Waals surface area contributed by atoms with E-state index in [0.717, 1.165) is 42.7 Å². The third-order valence-corrected chi connectivity index (χ3v) is 4.77. The molecule has 9 heteroatoms. The molecule has 2 aromatic rings. The van der Waals surface area contributed by atoms with E-state index in [0.29, 0.717) is 12.4 Å². The quantitative estimate of drug-likeness (QED) is 0.829. The van der Waals surface area contributed by atoms with Gasteiger partial charge in [0.15, 0.2) is 0 Å². The van der Waals surface area contributed by atoms with E-state index >= 15 is 0 Å². The molecule has 2 amide bonds. The lowest BCUT2D eigenvalue weighted by Crippen LogP contribution is -2.41. The Morgan fingerprint density at radius 2 is 1.85 bits per heavy atom. The van der Waals surface area contributed by atoms with E-state index in [2.05, 4.69) is 26.0 Å². The summed E-state index contributed by atoms with van der Waals surface area (Å²) in [5, 5.41) is 17.1. The van der Waals surface area contributed by atoms with Crippen LogP contribution in [0.15, 0.2) is 8.94 Å². The fourth-order valence-corrected chi connectivity index (χ4v) is 3.21. The van der Waals surface area contributed by atoms with E-state index in [9.17, 15) is 9.59 Å². The van der Waals surface area contributed by atoms with Crippen molar-refractivity contribution in [1.82, 2.24) is 26.0 Å². The molecule has 2 N–H and O–H groups in total. The molecule has 0 aromatic carbocycles. The first kappa shape index (κ1) is 18.1. The Balaban J connectivity index is 1.44. The maximum absolute atomic E-state index is 12.4. The number of hydrogen-bond donors (Lipinski definition) is 2. The van der Waals surface area contributed by atoms with Crippen molar-refractivity contribution in [3.05, 3.63) is 28.8 Å². The van der Waals surface area contributed by atoms with Gasteiger partial charge in [-0.25, -0.2) is 0 Å². The number of aryl methyl sites for hydroxylation is 3. The zero-order valence-electron chi connectivity index (χ0n) is 15.2. The second-order valence-corrected chi connectivity index (χ2v) is 6.67. The summed E-state index contributed by atoms with van der Waals surface area (Å²) in [6, 6.07) is 0.0151. The average Bonchev–Trinajstić information content (AvgIpc) is 3.19. The Kier molecular flexibility index (Phi) is 5.34. The monoisotopic (exact) mass is 361 g/mol. The first-order chi connectivity index (χ1) is 12.4. The first-order valence-corrected chi connectivity index (χ1v) is 8.74. The molecule has 9 nitrogen and oxygen atoms in total. The van der Waals surface area contributed by atoms with Crippen molar-refractivity contribution in [1.29, 1.82) is 0 Å².